The van der Waals surface area contributed by atoms with Crippen molar-refractivity contribution in [3.05, 3.63) is 16.3 Å². The van der Waals surface area contributed by atoms with Crippen molar-refractivity contribution in [1.29, 1.82) is 0 Å². The van der Waals surface area contributed by atoms with Gasteiger partial charge in [0.1, 0.15) is 5.82 Å². The zero-order valence-corrected chi connectivity index (χ0v) is 14.0. The van der Waals surface area contributed by atoms with Crippen molar-refractivity contribution in [2.75, 3.05) is 31.1 Å². The second kappa shape index (κ2) is 7.45. The van der Waals surface area contributed by atoms with Crippen molar-refractivity contribution in [3.8, 4) is 0 Å². The predicted octanol–water partition coefficient (Wildman–Crippen LogP) is 1.18. The molecular formula is C13H21N5O2S2. The Kier molecular flexibility index (Phi) is 5.35. The highest BCUT2D eigenvalue weighted by Gasteiger charge is 2.25. The highest BCUT2D eigenvalue weighted by Crippen LogP contribution is 2.33. The number of piperidine rings is 1. The van der Waals surface area contributed by atoms with Crippen molar-refractivity contribution >= 4 is 29.6 Å². The number of hydrogen-bond donors (Lipinski definition) is 3. The molecule has 0 aromatic carbocycles. The van der Waals surface area contributed by atoms with Crippen LogP contribution < -0.4 is 11.0 Å². The Bertz CT molecular complexity index is 547. The lowest BCUT2D eigenvalue weighted by Gasteiger charge is -2.31. The number of likely N-dealkylation sites (tertiary alicyclic amines) is 1. The van der Waals surface area contributed by atoms with E-state index in [1.54, 1.807) is 0 Å². The molecule has 2 saturated heterocycles. The lowest BCUT2D eigenvalue weighted by molar-refractivity contribution is 0.180. The van der Waals surface area contributed by atoms with E-state index in [4.69, 9.17) is 0 Å². The molecule has 1 aromatic rings. The molecule has 0 spiro atoms. The maximum Gasteiger partial charge on any atom is 0.340 e. The first-order valence-electron chi connectivity index (χ1n) is 7.63. The molecule has 0 saturated carbocycles. The molecule has 3 heterocycles. The molecule has 2 aliphatic heterocycles. The largest absolute Gasteiger partial charge is 0.340 e. The van der Waals surface area contributed by atoms with Gasteiger partial charge >= 0.3 is 11.7 Å². The average Bonchev–Trinajstić information content (AvgIpc) is 3.19. The van der Waals surface area contributed by atoms with Crippen LogP contribution in [0, 0.1) is 0 Å². The standard InChI is InChI=1S/C13H21N5O2S2/c19-12-15-11(16-17-12)9-2-5-18(6-3-9)13(20)14-4-1-10-21-7-8-22-10/h9-10H,1-8H2,(H,14,20)(H2,15,16,17,19). The number of hydrogen-bond acceptors (Lipinski definition) is 5. The van der Waals surface area contributed by atoms with Crippen molar-refractivity contribution in [1.82, 2.24) is 25.4 Å². The molecule has 122 valence electrons. The topological polar surface area (TPSA) is 93.9 Å². The second-order valence-corrected chi connectivity index (χ2v) is 8.44. The van der Waals surface area contributed by atoms with E-state index < -0.39 is 0 Å². The zero-order valence-electron chi connectivity index (χ0n) is 12.3. The molecule has 3 rings (SSSR count). The SMILES string of the molecule is O=C(NCCC1SCCS1)N1CCC(c2n[nH]c(=O)[nH]2)CC1. The summed E-state index contributed by atoms with van der Waals surface area (Å²) in [6.45, 7) is 2.16. The summed E-state index contributed by atoms with van der Waals surface area (Å²) in [4.78, 5) is 27.8. The van der Waals surface area contributed by atoms with E-state index in [2.05, 4.69) is 20.5 Å². The van der Waals surface area contributed by atoms with Gasteiger partial charge in [-0.05, 0) is 19.3 Å². The van der Waals surface area contributed by atoms with E-state index in [1.165, 1.54) is 11.5 Å². The molecule has 3 N–H and O–H groups in total. The fourth-order valence-electron chi connectivity index (χ4n) is 2.82. The third-order valence-electron chi connectivity index (χ3n) is 4.04. The number of amides is 2. The third-order valence-corrected chi connectivity index (χ3v) is 7.20. The summed E-state index contributed by atoms with van der Waals surface area (Å²) in [6.07, 6.45) is 2.71. The molecule has 2 amide bonds. The molecule has 2 aliphatic rings. The van der Waals surface area contributed by atoms with Crippen molar-refractivity contribution in [2.24, 2.45) is 0 Å². The lowest BCUT2D eigenvalue weighted by atomic mass is 9.96. The van der Waals surface area contributed by atoms with Gasteiger partial charge in [0, 0.05) is 37.1 Å². The van der Waals surface area contributed by atoms with Gasteiger partial charge in [0.15, 0.2) is 0 Å². The van der Waals surface area contributed by atoms with Gasteiger partial charge in [-0.2, -0.15) is 5.10 Å². The van der Waals surface area contributed by atoms with E-state index in [0.29, 0.717) is 23.5 Å². The number of carbonyl (C=O) groups excluding carboxylic acids is 1. The zero-order chi connectivity index (χ0) is 15.4. The normalized spacial score (nSPS) is 20.5. The molecule has 0 bridgehead atoms. The Balaban J connectivity index is 1.38. The maximum absolute atomic E-state index is 12.1. The molecule has 9 heteroatoms. The highest BCUT2D eigenvalue weighted by molar-refractivity contribution is 8.20. The second-order valence-electron chi connectivity index (χ2n) is 5.52. The molecule has 2 fully saturated rings. The monoisotopic (exact) mass is 343 g/mol. The molecule has 0 aliphatic carbocycles. The van der Waals surface area contributed by atoms with Crippen LogP contribution in [0.25, 0.3) is 0 Å². The first kappa shape index (κ1) is 15.8. The van der Waals surface area contributed by atoms with Gasteiger partial charge in [0.25, 0.3) is 0 Å². The fourth-order valence-corrected chi connectivity index (χ4v) is 5.64. The van der Waals surface area contributed by atoms with Crippen molar-refractivity contribution in [2.45, 2.75) is 29.8 Å². The number of thioether (sulfide) groups is 2. The minimum absolute atomic E-state index is 0.0296. The minimum Gasteiger partial charge on any atom is -0.338 e. The van der Waals surface area contributed by atoms with Crippen LogP contribution in [0.3, 0.4) is 0 Å². The summed E-state index contributed by atoms with van der Waals surface area (Å²) in [6, 6.07) is 0.0296. The van der Waals surface area contributed by atoms with Crippen LogP contribution in [0.15, 0.2) is 4.79 Å². The van der Waals surface area contributed by atoms with Crippen LogP contribution in [0.5, 0.6) is 0 Å². The fraction of sp³-hybridized carbons (Fsp3) is 0.769. The number of carbonyl (C=O) groups is 1. The smallest absolute Gasteiger partial charge is 0.338 e. The molecule has 7 nitrogen and oxygen atoms in total. The van der Waals surface area contributed by atoms with E-state index in [0.717, 1.165) is 25.8 Å². The molecule has 1 aromatic heterocycles. The Hall–Kier alpha value is -1.09. The van der Waals surface area contributed by atoms with Gasteiger partial charge in [-0.1, -0.05) is 0 Å². The summed E-state index contributed by atoms with van der Waals surface area (Å²) in [5, 5.41) is 9.40. The summed E-state index contributed by atoms with van der Waals surface area (Å²) in [5.74, 6) is 3.40. The van der Waals surface area contributed by atoms with Gasteiger partial charge in [0.2, 0.25) is 0 Å². The first-order valence-corrected chi connectivity index (χ1v) is 9.72. The molecule has 22 heavy (non-hydrogen) atoms. The van der Waals surface area contributed by atoms with Gasteiger partial charge in [-0.3, -0.25) is 4.98 Å². The van der Waals surface area contributed by atoms with Crippen LogP contribution in [0.1, 0.15) is 31.0 Å². The number of nitrogens with zero attached hydrogens (tertiary/aromatic N) is 2. The van der Waals surface area contributed by atoms with E-state index in [9.17, 15) is 9.59 Å². The Morgan fingerprint density at radius 2 is 2.05 bits per heavy atom. The number of aromatic nitrogens is 3. The third kappa shape index (κ3) is 4.01. The molecule has 0 atom stereocenters. The first-order chi connectivity index (χ1) is 10.7. The van der Waals surface area contributed by atoms with Crippen LogP contribution in [-0.2, 0) is 0 Å². The van der Waals surface area contributed by atoms with E-state index in [-0.39, 0.29) is 17.6 Å². The number of aromatic amines is 2. The lowest BCUT2D eigenvalue weighted by Crippen LogP contribution is -2.44. The Labute approximate surface area is 137 Å². The molecule has 0 radical (unpaired) electrons. The summed E-state index contributed by atoms with van der Waals surface area (Å²) in [5.41, 5.74) is -0.266. The molecule has 0 unspecified atom stereocenters. The van der Waals surface area contributed by atoms with E-state index in [1.807, 2.05) is 28.4 Å². The van der Waals surface area contributed by atoms with Gasteiger partial charge < -0.3 is 10.2 Å². The Morgan fingerprint density at radius 1 is 1.32 bits per heavy atom. The minimum atomic E-state index is -0.266. The van der Waals surface area contributed by atoms with Crippen LogP contribution in [0.4, 0.5) is 4.79 Å². The summed E-state index contributed by atoms with van der Waals surface area (Å²) >= 11 is 3.98. The summed E-state index contributed by atoms with van der Waals surface area (Å²) < 4.78 is 0.641. The average molecular weight is 343 g/mol. The predicted molar refractivity (Wildman–Crippen MR) is 89.5 cm³/mol. The van der Waals surface area contributed by atoms with Gasteiger partial charge in [-0.15, -0.1) is 23.5 Å². The number of nitrogens with one attached hydrogen (secondary N) is 3. The maximum atomic E-state index is 12.1. The Morgan fingerprint density at radius 3 is 2.68 bits per heavy atom. The van der Waals surface area contributed by atoms with Crippen LogP contribution in [0.2, 0.25) is 0 Å². The highest BCUT2D eigenvalue weighted by atomic mass is 32.2. The van der Waals surface area contributed by atoms with E-state index >= 15 is 0 Å². The quantitative estimate of drug-likeness (QED) is 0.763. The van der Waals surface area contributed by atoms with Gasteiger partial charge in [0.05, 0.1) is 4.58 Å². The van der Waals surface area contributed by atoms with Gasteiger partial charge in [-0.25, -0.2) is 14.7 Å². The molecular weight excluding hydrogens is 322 g/mol. The van der Waals surface area contributed by atoms with Crippen molar-refractivity contribution in [3.63, 3.8) is 0 Å². The number of rotatable bonds is 4. The van der Waals surface area contributed by atoms with Crippen molar-refractivity contribution < 1.29 is 4.79 Å². The number of H-pyrrole nitrogens is 2. The number of urea groups is 1. The summed E-state index contributed by atoms with van der Waals surface area (Å²) in [7, 11) is 0. The van der Waals surface area contributed by atoms with Crippen LogP contribution >= 0.6 is 23.5 Å². The van der Waals surface area contributed by atoms with Crippen LogP contribution in [-0.4, -0.2) is 61.8 Å².